The maximum atomic E-state index is 5.91. The quantitative estimate of drug-likeness (QED) is 0.422. The van der Waals surface area contributed by atoms with Crippen molar-refractivity contribution in [2.24, 2.45) is 0 Å². The molecule has 2 unspecified atom stereocenters. The zero-order chi connectivity index (χ0) is 8.31. The minimum Gasteiger partial charge on any atom is -0.291 e. The van der Waals surface area contributed by atoms with Gasteiger partial charge in [-0.2, -0.15) is 0 Å². The van der Waals surface area contributed by atoms with Crippen molar-refractivity contribution in [2.75, 3.05) is 28.2 Å². The molecule has 0 saturated heterocycles. The molecule has 0 aliphatic rings. The Balaban J connectivity index is 0. The third-order valence-corrected chi connectivity index (χ3v) is 2.60. The van der Waals surface area contributed by atoms with Gasteiger partial charge in [-0.05, 0) is 28.2 Å². The summed E-state index contributed by atoms with van der Waals surface area (Å²) in [6.07, 6.45) is 0. The summed E-state index contributed by atoms with van der Waals surface area (Å²) < 4.78 is 0. The Bertz CT molecular complexity index is 88.6. The average molecular weight is 250 g/mol. The number of likely N-dealkylation sites (N-methyl/N-ethyl adjacent to an activating group) is 2. The van der Waals surface area contributed by atoms with Crippen LogP contribution in [0.4, 0.5) is 0 Å². The van der Waals surface area contributed by atoms with Gasteiger partial charge in [-0.3, -0.25) is 9.80 Å². The van der Waals surface area contributed by atoms with Gasteiger partial charge in [0, 0.05) is 19.5 Å². The zero-order valence-corrected chi connectivity index (χ0v) is 12.0. The van der Waals surface area contributed by atoms with Crippen molar-refractivity contribution < 1.29 is 19.5 Å². The van der Waals surface area contributed by atoms with E-state index in [9.17, 15) is 0 Å². The van der Waals surface area contributed by atoms with E-state index in [-0.39, 0.29) is 30.5 Å². The molecular formula is C6H14Cl2N2Zn. The van der Waals surface area contributed by atoms with E-state index < -0.39 is 0 Å². The summed E-state index contributed by atoms with van der Waals surface area (Å²) in [4.78, 5) is 3.75. The van der Waals surface area contributed by atoms with Gasteiger partial charge in [0.1, 0.15) is 11.0 Å². The third kappa shape index (κ3) is 5.38. The van der Waals surface area contributed by atoms with Crippen LogP contribution in [0.1, 0.15) is 0 Å². The van der Waals surface area contributed by atoms with Gasteiger partial charge in [0.05, 0.1) is 0 Å². The van der Waals surface area contributed by atoms with Crippen molar-refractivity contribution in [1.82, 2.24) is 9.80 Å². The summed E-state index contributed by atoms with van der Waals surface area (Å²) >= 11 is 11.8. The molecule has 0 aromatic carbocycles. The first-order valence-electron chi connectivity index (χ1n) is 3.08. The Hall–Kier alpha value is 1.12. The Morgan fingerprint density at radius 3 is 1.09 bits per heavy atom. The number of halogens is 2. The summed E-state index contributed by atoms with van der Waals surface area (Å²) in [5.41, 5.74) is -0.284. The first-order valence-corrected chi connectivity index (χ1v) is 3.95. The molecule has 0 amide bonds. The van der Waals surface area contributed by atoms with Gasteiger partial charge < -0.3 is 0 Å². The summed E-state index contributed by atoms with van der Waals surface area (Å²) in [5, 5.41) is 0. The summed E-state index contributed by atoms with van der Waals surface area (Å²) in [6, 6.07) is 0. The molecule has 0 aliphatic heterocycles. The van der Waals surface area contributed by atoms with E-state index in [1.54, 1.807) is 0 Å². The van der Waals surface area contributed by atoms with E-state index in [0.717, 1.165) is 0 Å². The standard InChI is InChI=1S/C6H14Cl2N2.Zn/c1-9(2)5(7)6(8)10(3)4;/h5-6H,1-4H3;. The fourth-order valence-electron chi connectivity index (χ4n) is 0.492. The first kappa shape index (κ1) is 14.6. The van der Waals surface area contributed by atoms with Gasteiger partial charge in [-0.1, -0.05) is 0 Å². The maximum Gasteiger partial charge on any atom is 0.114 e. The molecule has 11 heavy (non-hydrogen) atoms. The zero-order valence-electron chi connectivity index (χ0n) is 7.51. The van der Waals surface area contributed by atoms with Crippen LogP contribution in [0.25, 0.3) is 0 Å². The van der Waals surface area contributed by atoms with Crippen LogP contribution in [0, 0.1) is 0 Å². The van der Waals surface area contributed by atoms with Gasteiger partial charge in [0.15, 0.2) is 0 Å². The van der Waals surface area contributed by atoms with Crippen LogP contribution in [0.5, 0.6) is 0 Å². The molecule has 0 aliphatic carbocycles. The van der Waals surface area contributed by atoms with E-state index in [0.29, 0.717) is 0 Å². The number of rotatable bonds is 3. The average Bonchev–Trinajstić information content (AvgIpc) is 1.84. The van der Waals surface area contributed by atoms with Crippen LogP contribution in [-0.2, 0) is 19.5 Å². The maximum absolute atomic E-state index is 5.91. The molecular weight excluding hydrogens is 236 g/mol. The Labute approximate surface area is 91.6 Å². The van der Waals surface area contributed by atoms with Crippen molar-refractivity contribution in [2.45, 2.75) is 11.0 Å². The van der Waals surface area contributed by atoms with E-state index >= 15 is 0 Å². The fourth-order valence-corrected chi connectivity index (χ4v) is 0.943. The first-order chi connectivity index (χ1) is 4.46. The second-order valence-corrected chi connectivity index (χ2v) is 3.57. The van der Waals surface area contributed by atoms with E-state index in [2.05, 4.69) is 0 Å². The van der Waals surface area contributed by atoms with Crippen molar-refractivity contribution in [3.63, 3.8) is 0 Å². The monoisotopic (exact) mass is 248 g/mol. The van der Waals surface area contributed by atoms with Crippen molar-refractivity contribution in [3.8, 4) is 0 Å². The summed E-state index contributed by atoms with van der Waals surface area (Å²) in [5.74, 6) is 0. The second kappa shape index (κ2) is 6.62. The minimum atomic E-state index is -0.142. The van der Waals surface area contributed by atoms with Crippen LogP contribution in [0.2, 0.25) is 0 Å². The molecule has 0 bridgehead atoms. The minimum absolute atomic E-state index is 0. The molecule has 0 fully saturated rings. The normalized spacial score (nSPS) is 16.4. The molecule has 2 nitrogen and oxygen atoms in total. The summed E-state index contributed by atoms with van der Waals surface area (Å²) in [7, 11) is 7.60. The molecule has 0 aromatic heterocycles. The van der Waals surface area contributed by atoms with E-state index in [4.69, 9.17) is 23.2 Å². The van der Waals surface area contributed by atoms with Crippen molar-refractivity contribution in [1.29, 1.82) is 0 Å². The van der Waals surface area contributed by atoms with Gasteiger partial charge >= 0.3 is 0 Å². The van der Waals surface area contributed by atoms with Crippen LogP contribution in [-0.4, -0.2) is 49.0 Å². The third-order valence-electron chi connectivity index (χ3n) is 1.21. The van der Waals surface area contributed by atoms with Gasteiger partial charge in [0.25, 0.3) is 0 Å². The molecule has 0 spiro atoms. The predicted octanol–water partition coefficient (Wildman–Crippen LogP) is 1.24. The Morgan fingerprint density at radius 2 is 1.00 bits per heavy atom. The van der Waals surface area contributed by atoms with Crippen molar-refractivity contribution >= 4 is 23.2 Å². The molecule has 5 heteroatoms. The summed E-state index contributed by atoms with van der Waals surface area (Å²) in [6.45, 7) is 0. The van der Waals surface area contributed by atoms with Gasteiger partial charge in [-0.15, -0.1) is 23.2 Å². The van der Waals surface area contributed by atoms with E-state index in [1.807, 2.05) is 38.0 Å². The predicted molar refractivity (Wildman–Crippen MR) is 46.7 cm³/mol. The number of nitrogens with zero attached hydrogens (tertiary/aromatic N) is 2. The molecule has 0 aromatic rings. The molecule has 0 heterocycles. The molecule has 0 radical (unpaired) electrons. The van der Waals surface area contributed by atoms with Gasteiger partial charge in [0.2, 0.25) is 0 Å². The van der Waals surface area contributed by atoms with Crippen LogP contribution in [0.3, 0.4) is 0 Å². The molecule has 2 atom stereocenters. The number of hydrogen-bond acceptors (Lipinski definition) is 2. The van der Waals surface area contributed by atoms with E-state index in [1.165, 1.54) is 0 Å². The molecule has 0 saturated carbocycles. The SMILES string of the molecule is CN(C)C(Cl)C(Cl)N(C)C.[Zn]. The number of alkyl halides is 2. The molecule has 64 valence electrons. The number of hydrogen-bond donors (Lipinski definition) is 0. The largest absolute Gasteiger partial charge is 0.291 e. The topological polar surface area (TPSA) is 6.48 Å². The van der Waals surface area contributed by atoms with Gasteiger partial charge in [-0.25, -0.2) is 0 Å². The van der Waals surface area contributed by atoms with Crippen molar-refractivity contribution in [3.05, 3.63) is 0 Å². The van der Waals surface area contributed by atoms with Crippen LogP contribution < -0.4 is 0 Å². The molecule has 0 rings (SSSR count). The van der Waals surface area contributed by atoms with Crippen LogP contribution in [0.15, 0.2) is 0 Å². The van der Waals surface area contributed by atoms with Crippen LogP contribution >= 0.6 is 23.2 Å². The fraction of sp³-hybridized carbons (Fsp3) is 1.00. The Morgan fingerprint density at radius 1 is 0.818 bits per heavy atom. The molecule has 0 N–H and O–H groups in total. The second-order valence-electron chi connectivity index (χ2n) is 2.67. The Kier molecular flexibility index (Phi) is 8.81. The smallest absolute Gasteiger partial charge is 0.114 e.